The second-order valence-electron chi connectivity index (χ2n) is 6.88. The van der Waals surface area contributed by atoms with E-state index in [2.05, 4.69) is 19.2 Å². The Kier molecular flexibility index (Phi) is 7.41. The minimum absolute atomic E-state index is 0.101. The number of amides is 1. The van der Waals surface area contributed by atoms with Crippen LogP contribution in [0.5, 0.6) is 0 Å². The number of likely N-dealkylation sites (N-methyl/N-ethyl adjacent to an activating group) is 1. The van der Waals surface area contributed by atoms with E-state index in [0.29, 0.717) is 10.9 Å². The summed E-state index contributed by atoms with van der Waals surface area (Å²) < 4.78 is 26.3. The molecule has 0 spiro atoms. The van der Waals surface area contributed by atoms with Gasteiger partial charge in [0.25, 0.3) is 0 Å². The molecule has 0 unspecified atom stereocenters. The number of nitrogens with one attached hydrogen (secondary N) is 1. The highest BCUT2D eigenvalue weighted by Crippen LogP contribution is 2.21. The van der Waals surface area contributed by atoms with Gasteiger partial charge < -0.3 is 5.32 Å². The van der Waals surface area contributed by atoms with Crippen LogP contribution >= 0.6 is 11.6 Å². The monoisotopic (exact) mass is 408 g/mol. The minimum Gasteiger partial charge on any atom is -0.348 e. The molecule has 0 heterocycles. The summed E-state index contributed by atoms with van der Waals surface area (Å²) in [7, 11) is -2.37. The quantitative estimate of drug-likeness (QED) is 0.721. The van der Waals surface area contributed by atoms with E-state index in [0.717, 1.165) is 16.3 Å². The molecule has 0 aliphatic rings. The highest BCUT2D eigenvalue weighted by molar-refractivity contribution is 7.89. The van der Waals surface area contributed by atoms with E-state index in [1.807, 2.05) is 30.3 Å². The molecule has 2 aromatic rings. The lowest BCUT2D eigenvalue weighted by atomic mass is 9.97. The zero-order chi connectivity index (χ0) is 20.0. The van der Waals surface area contributed by atoms with Crippen LogP contribution in [0.15, 0.2) is 59.5 Å². The Morgan fingerprint density at radius 1 is 1.07 bits per heavy atom. The van der Waals surface area contributed by atoms with Crippen molar-refractivity contribution in [2.24, 2.45) is 5.92 Å². The van der Waals surface area contributed by atoms with Gasteiger partial charge in [0, 0.05) is 12.1 Å². The summed E-state index contributed by atoms with van der Waals surface area (Å²) in [6, 6.07) is 15.4. The molecule has 0 fully saturated rings. The standard InChI is InChI=1S/C20H25ClN2O3S/c1-15(2)13-19(16-7-5-4-6-8-16)22-20(24)14-23(3)27(25,26)18-11-9-17(21)10-12-18/h4-12,15,19H,13-14H2,1-3H3,(H,22,24)/t19-/m1/s1. The van der Waals surface area contributed by atoms with Crippen molar-refractivity contribution in [3.63, 3.8) is 0 Å². The Morgan fingerprint density at radius 3 is 2.22 bits per heavy atom. The zero-order valence-corrected chi connectivity index (χ0v) is 17.3. The Bertz CT molecular complexity index is 853. The number of carbonyl (C=O) groups is 1. The van der Waals surface area contributed by atoms with Crippen molar-refractivity contribution < 1.29 is 13.2 Å². The summed E-state index contributed by atoms with van der Waals surface area (Å²) in [6.45, 7) is 3.91. The summed E-state index contributed by atoms with van der Waals surface area (Å²) in [6.07, 6.45) is 0.767. The molecule has 0 aromatic heterocycles. The normalized spacial score (nSPS) is 13.0. The maximum Gasteiger partial charge on any atom is 0.243 e. The zero-order valence-electron chi connectivity index (χ0n) is 15.7. The summed E-state index contributed by atoms with van der Waals surface area (Å²) in [4.78, 5) is 12.6. The third-order valence-electron chi connectivity index (χ3n) is 4.13. The molecule has 7 heteroatoms. The smallest absolute Gasteiger partial charge is 0.243 e. The molecule has 0 aliphatic heterocycles. The molecular formula is C20H25ClN2O3S. The van der Waals surface area contributed by atoms with Crippen molar-refractivity contribution in [3.05, 3.63) is 65.2 Å². The lowest BCUT2D eigenvalue weighted by Gasteiger charge is -2.23. The number of sulfonamides is 1. The van der Waals surface area contributed by atoms with E-state index in [-0.39, 0.29) is 23.4 Å². The number of hydrogen-bond acceptors (Lipinski definition) is 3. The van der Waals surface area contributed by atoms with Crippen molar-refractivity contribution in [2.45, 2.75) is 31.2 Å². The molecule has 0 radical (unpaired) electrons. The summed E-state index contributed by atoms with van der Waals surface area (Å²) in [5.74, 6) is 0.0376. The van der Waals surface area contributed by atoms with E-state index in [4.69, 9.17) is 11.6 Å². The fourth-order valence-corrected chi connectivity index (χ4v) is 4.00. The number of rotatable bonds is 8. The molecule has 2 aromatic carbocycles. The average molecular weight is 409 g/mol. The Hall–Kier alpha value is -1.89. The van der Waals surface area contributed by atoms with Gasteiger partial charge in [-0.3, -0.25) is 4.79 Å². The van der Waals surface area contributed by atoms with Crippen LogP contribution in [0.25, 0.3) is 0 Å². The van der Waals surface area contributed by atoms with Gasteiger partial charge in [0.2, 0.25) is 15.9 Å². The number of carbonyl (C=O) groups excluding carboxylic acids is 1. The molecule has 1 amide bonds. The van der Waals surface area contributed by atoms with Gasteiger partial charge in [-0.15, -0.1) is 0 Å². The van der Waals surface area contributed by atoms with Crippen molar-refractivity contribution >= 4 is 27.5 Å². The largest absolute Gasteiger partial charge is 0.348 e. The molecule has 2 rings (SSSR count). The topological polar surface area (TPSA) is 66.5 Å². The third-order valence-corrected chi connectivity index (χ3v) is 6.20. The number of halogens is 1. The van der Waals surface area contributed by atoms with E-state index in [1.54, 1.807) is 0 Å². The van der Waals surface area contributed by atoms with Crippen molar-refractivity contribution in [1.82, 2.24) is 9.62 Å². The first-order valence-electron chi connectivity index (χ1n) is 8.76. The highest BCUT2D eigenvalue weighted by Gasteiger charge is 2.24. The molecule has 0 saturated heterocycles. The van der Waals surface area contributed by atoms with Gasteiger partial charge in [-0.25, -0.2) is 8.42 Å². The number of nitrogens with zero attached hydrogens (tertiary/aromatic N) is 1. The molecule has 27 heavy (non-hydrogen) atoms. The summed E-state index contributed by atoms with van der Waals surface area (Å²) >= 11 is 5.81. The van der Waals surface area contributed by atoms with E-state index in [1.165, 1.54) is 31.3 Å². The lowest BCUT2D eigenvalue weighted by Crippen LogP contribution is -2.40. The first-order valence-corrected chi connectivity index (χ1v) is 10.6. The molecule has 0 saturated carbocycles. The second-order valence-corrected chi connectivity index (χ2v) is 9.36. The van der Waals surface area contributed by atoms with Gasteiger partial charge in [0.1, 0.15) is 0 Å². The lowest BCUT2D eigenvalue weighted by molar-refractivity contribution is -0.122. The molecule has 146 valence electrons. The number of benzene rings is 2. The first-order chi connectivity index (χ1) is 12.7. The maximum absolute atomic E-state index is 12.6. The molecule has 0 aliphatic carbocycles. The van der Waals surface area contributed by atoms with E-state index < -0.39 is 10.0 Å². The van der Waals surface area contributed by atoms with Gasteiger partial charge in [0.05, 0.1) is 17.5 Å². The number of hydrogen-bond donors (Lipinski definition) is 1. The Labute approximate surface area is 166 Å². The van der Waals surface area contributed by atoms with Crippen LogP contribution in [0, 0.1) is 5.92 Å². The minimum atomic E-state index is -3.76. The Morgan fingerprint density at radius 2 is 1.67 bits per heavy atom. The molecule has 0 bridgehead atoms. The highest BCUT2D eigenvalue weighted by atomic mass is 35.5. The predicted octanol–water partition coefficient (Wildman–Crippen LogP) is 3.86. The van der Waals surface area contributed by atoms with E-state index >= 15 is 0 Å². The molecule has 1 N–H and O–H groups in total. The first kappa shape index (κ1) is 21.4. The van der Waals surface area contributed by atoms with Crippen LogP contribution in [-0.2, 0) is 14.8 Å². The van der Waals surface area contributed by atoms with Gasteiger partial charge >= 0.3 is 0 Å². The van der Waals surface area contributed by atoms with Crippen molar-refractivity contribution in [3.8, 4) is 0 Å². The fraction of sp³-hybridized carbons (Fsp3) is 0.350. The Balaban J connectivity index is 2.09. The summed E-state index contributed by atoms with van der Waals surface area (Å²) in [5.41, 5.74) is 1.00. The van der Waals surface area contributed by atoms with Crippen molar-refractivity contribution in [2.75, 3.05) is 13.6 Å². The van der Waals surface area contributed by atoms with Crippen LogP contribution < -0.4 is 5.32 Å². The summed E-state index contributed by atoms with van der Waals surface area (Å²) in [5, 5.41) is 3.41. The maximum atomic E-state index is 12.6. The van der Waals surface area contributed by atoms with Gasteiger partial charge in [-0.05, 0) is 42.2 Å². The van der Waals surface area contributed by atoms with Crippen LogP contribution in [0.1, 0.15) is 31.9 Å². The van der Waals surface area contributed by atoms with Crippen LogP contribution in [-0.4, -0.2) is 32.2 Å². The predicted molar refractivity (Wildman–Crippen MR) is 108 cm³/mol. The average Bonchev–Trinajstić information content (AvgIpc) is 2.61. The van der Waals surface area contributed by atoms with Gasteiger partial charge in [0.15, 0.2) is 0 Å². The fourth-order valence-electron chi connectivity index (χ4n) is 2.75. The molecule has 1 atom stereocenters. The van der Waals surface area contributed by atoms with Crippen LogP contribution in [0.2, 0.25) is 5.02 Å². The molecular weight excluding hydrogens is 384 g/mol. The van der Waals surface area contributed by atoms with Crippen LogP contribution in [0.4, 0.5) is 0 Å². The second kappa shape index (κ2) is 9.35. The van der Waals surface area contributed by atoms with Gasteiger partial charge in [-0.1, -0.05) is 55.8 Å². The van der Waals surface area contributed by atoms with Gasteiger partial charge in [-0.2, -0.15) is 4.31 Å². The SMILES string of the molecule is CC(C)C[C@@H](NC(=O)CN(C)S(=O)(=O)c1ccc(Cl)cc1)c1ccccc1. The van der Waals surface area contributed by atoms with Crippen molar-refractivity contribution in [1.29, 1.82) is 0 Å². The third kappa shape index (κ3) is 6.06. The molecule has 5 nitrogen and oxygen atoms in total. The van der Waals surface area contributed by atoms with E-state index in [9.17, 15) is 13.2 Å². The van der Waals surface area contributed by atoms with Crippen LogP contribution in [0.3, 0.4) is 0 Å².